The number of carbonyl (C=O) groups excluding carboxylic acids is 2. The lowest BCUT2D eigenvalue weighted by atomic mass is 9.93. The summed E-state index contributed by atoms with van der Waals surface area (Å²) < 4.78 is 5.03. The molecule has 7 nitrogen and oxygen atoms in total. The molecule has 2 saturated heterocycles. The van der Waals surface area contributed by atoms with Gasteiger partial charge < -0.3 is 14.6 Å². The number of carbonyl (C=O) groups is 2. The van der Waals surface area contributed by atoms with Gasteiger partial charge in [-0.05, 0) is 50.4 Å². The Bertz CT molecular complexity index is 801. The zero-order valence-electron chi connectivity index (χ0n) is 16.6. The normalized spacial score (nSPS) is 21.1. The Kier molecular flexibility index (Phi) is 6.24. The SMILES string of the molecule is O=C(NCc1ccccn1)C1CCCN(C2CCN(C(=O)c3ccoc3)CC2)C1. The maximum Gasteiger partial charge on any atom is 0.257 e. The van der Waals surface area contributed by atoms with Gasteiger partial charge in [0.25, 0.3) is 5.91 Å². The fourth-order valence-electron chi connectivity index (χ4n) is 4.38. The first-order valence-electron chi connectivity index (χ1n) is 10.4. The average molecular weight is 396 g/mol. The summed E-state index contributed by atoms with van der Waals surface area (Å²) in [5, 5.41) is 3.04. The second-order valence-corrected chi connectivity index (χ2v) is 7.91. The first-order valence-corrected chi connectivity index (χ1v) is 10.4. The quantitative estimate of drug-likeness (QED) is 0.839. The maximum absolute atomic E-state index is 12.6. The summed E-state index contributed by atoms with van der Waals surface area (Å²) in [5.41, 5.74) is 1.49. The fourth-order valence-corrected chi connectivity index (χ4v) is 4.38. The highest BCUT2D eigenvalue weighted by molar-refractivity contribution is 5.93. The number of likely N-dealkylation sites (tertiary alicyclic amines) is 2. The van der Waals surface area contributed by atoms with Gasteiger partial charge in [0, 0.05) is 31.9 Å². The van der Waals surface area contributed by atoms with Gasteiger partial charge in [-0.3, -0.25) is 19.5 Å². The molecule has 2 aromatic rings. The molecule has 4 heterocycles. The van der Waals surface area contributed by atoms with E-state index in [4.69, 9.17) is 4.42 Å². The second kappa shape index (κ2) is 9.22. The molecule has 0 saturated carbocycles. The highest BCUT2D eigenvalue weighted by atomic mass is 16.3. The Morgan fingerprint density at radius 2 is 2.00 bits per heavy atom. The Labute approximate surface area is 171 Å². The zero-order valence-corrected chi connectivity index (χ0v) is 16.6. The van der Waals surface area contributed by atoms with Crippen molar-refractivity contribution >= 4 is 11.8 Å². The van der Waals surface area contributed by atoms with E-state index in [9.17, 15) is 9.59 Å². The molecule has 0 spiro atoms. The summed E-state index contributed by atoms with van der Waals surface area (Å²) >= 11 is 0. The summed E-state index contributed by atoms with van der Waals surface area (Å²) in [6.45, 7) is 3.81. The van der Waals surface area contributed by atoms with Gasteiger partial charge in [-0.15, -0.1) is 0 Å². The molecule has 0 aliphatic carbocycles. The van der Waals surface area contributed by atoms with Crippen molar-refractivity contribution in [3.63, 3.8) is 0 Å². The summed E-state index contributed by atoms with van der Waals surface area (Å²) in [6, 6.07) is 7.88. The van der Waals surface area contributed by atoms with Crippen molar-refractivity contribution in [3.8, 4) is 0 Å². The molecule has 1 N–H and O–H groups in total. The van der Waals surface area contributed by atoms with Crippen LogP contribution in [0.1, 0.15) is 41.7 Å². The van der Waals surface area contributed by atoms with Gasteiger partial charge in [-0.2, -0.15) is 0 Å². The number of piperidine rings is 2. The molecule has 0 radical (unpaired) electrons. The average Bonchev–Trinajstić information content (AvgIpc) is 3.33. The fraction of sp³-hybridized carbons (Fsp3) is 0.500. The molecule has 2 aliphatic rings. The van der Waals surface area contributed by atoms with Crippen molar-refractivity contribution in [2.45, 2.75) is 38.3 Å². The molecule has 2 aromatic heterocycles. The third-order valence-electron chi connectivity index (χ3n) is 6.03. The Balaban J connectivity index is 1.25. The minimum atomic E-state index is 0.0260. The lowest BCUT2D eigenvalue weighted by molar-refractivity contribution is -0.127. The molecule has 2 amide bonds. The number of aromatic nitrogens is 1. The van der Waals surface area contributed by atoms with E-state index in [-0.39, 0.29) is 17.7 Å². The van der Waals surface area contributed by atoms with E-state index >= 15 is 0 Å². The number of furan rings is 1. The lowest BCUT2D eigenvalue weighted by Crippen LogP contribution is -2.51. The molecule has 0 bridgehead atoms. The number of pyridine rings is 1. The van der Waals surface area contributed by atoms with Crippen LogP contribution in [0.5, 0.6) is 0 Å². The van der Waals surface area contributed by atoms with Crippen LogP contribution >= 0.6 is 0 Å². The molecule has 2 fully saturated rings. The molecule has 4 rings (SSSR count). The molecule has 1 unspecified atom stereocenters. The molecular weight excluding hydrogens is 368 g/mol. The van der Waals surface area contributed by atoms with Crippen LogP contribution in [0, 0.1) is 5.92 Å². The summed E-state index contributed by atoms with van der Waals surface area (Å²) in [6.07, 6.45) is 8.66. The van der Waals surface area contributed by atoms with E-state index in [1.165, 1.54) is 12.5 Å². The topological polar surface area (TPSA) is 78.7 Å². The molecule has 154 valence electrons. The van der Waals surface area contributed by atoms with E-state index < -0.39 is 0 Å². The number of nitrogens with one attached hydrogen (secondary N) is 1. The van der Waals surface area contributed by atoms with Gasteiger partial charge in [0.2, 0.25) is 5.91 Å². The number of amides is 2. The Morgan fingerprint density at radius 1 is 1.14 bits per heavy atom. The molecule has 29 heavy (non-hydrogen) atoms. The number of hydrogen-bond donors (Lipinski definition) is 1. The number of rotatable bonds is 5. The van der Waals surface area contributed by atoms with E-state index in [2.05, 4.69) is 15.2 Å². The van der Waals surface area contributed by atoms with Crippen LogP contribution in [-0.2, 0) is 11.3 Å². The van der Waals surface area contributed by atoms with Crippen molar-refractivity contribution < 1.29 is 14.0 Å². The number of nitrogens with zero attached hydrogens (tertiary/aromatic N) is 3. The lowest BCUT2D eigenvalue weighted by Gasteiger charge is -2.42. The molecule has 7 heteroatoms. The highest BCUT2D eigenvalue weighted by Crippen LogP contribution is 2.25. The number of hydrogen-bond acceptors (Lipinski definition) is 5. The van der Waals surface area contributed by atoms with Gasteiger partial charge in [-0.25, -0.2) is 0 Å². The van der Waals surface area contributed by atoms with Gasteiger partial charge in [0.15, 0.2) is 0 Å². The Hall–Kier alpha value is -2.67. The van der Waals surface area contributed by atoms with E-state index in [0.29, 0.717) is 18.2 Å². The third kappa shape index (κ3) is 4.85. The van der Waals surface area contributed by atoms with Crippen LogP contribution < -0.4 is 5.32 Å². The van der Waals surface area contributed by atoms with Crippen molar-refractivity contribution in [2.24, 2.45) is 5.92 Å². The highest BCUT2D eigenvalue weighted by Gasteiger charge is 2.32. The van der Waals surface area contributed by atoms with E-state index in [1.54, 1.807) is 12.3 Å². The van der Waals surface area contributed by atoms with Crippen LogP contribution in [0.15, 0.2) is 47.4 Å². The van der Waals surface area contributed by atoms with Crippen molar-refractivity contribution in [1.29, 1.82) is 0 Å². The van der Waals surface area contributed by atoms with Gasteiger partial charge in [0.1, 0.15) is 6.26 Å². The monoisotopic (exact) mass is 396 g/mol. The predicted molar refractivity (Wildman–Crippen MR) is 108 cm³/mol. The van der Waals surface area contributed by atoms with Gasteiger partial charge in [0.05, 0.1) is 30.0 Å². The summed E-state index contributed by atoms with van der Waals surface area (Å²) in [4.78, 5) is 33.7. The second-order valence-electron chi connectivity index (χ2n) is 7.91. The standard InChI is InChI=1S/C22H28N4O3/c27-21(24-14-19-5-1-2-9-23-19)17-4-3-10-26(15-17)20-6-11-25(12-7-20)22(28)18-8-13-29-16-18/h1-2,5,8-9,13,16-17,20H,3-4,6-7,10-12,14-15H2,(H,24,27). The minimum absolute atomic E-state index is 0.0260. The Morgan fingerprint density at radius 3 is 2.72 bits per heavy atom. The maximum atomic E-state index is 12.6. The predicted octanol–water partition coefficient (Wildman–Crippen LogP) is 2.31. The van der Waals surface area contributed by atoms with Crippen molar-refractivity contribution in [3.05, 3.63) is 54.2 Å². The minimum Gasteiger partial charge on any atom is -0.472 e. The van der Waals surface area contributed by atoms with Crippen LogP contribution in [0.25, 0.3) is 0 Å². The summed E-state index contributed by atoms with van der Waals surface area (Å²) in [5.74, 6) is 0.189. The molecular formula is C22H28N4O3. The summed E-state index contributed by atoms with van der Waals surface area (Å²) in [7, 11) is 0. The van der Waals surface area contributed by atoms with Crippen LogP contribution in [-0.4, -0.2) is 58.8 Å². The molecule has 0 aromatic carbocycles. The largest absolute Gasteiger partial charge is 0.472 e. The zero-order chi connectivity index (χ0) is 20.1. The van der Waals surface area contributed by atoms with Gasteiger partial charge >= 0.3 is 0 Å². The van der Waals surface area contributed by atoms with Crippen molar-refractivity contribution in [2.75, 3.05) is 26.2 Å². The molecule has 1 atom stereocenters. The van der Waals surface area contributed by atoms with Crippen LogP contribution in [0.3, 0.4) is 0 Å². The molecule has 2 aliphatic heterocycles. The first-order chi connectivity index (χ1) is 14.2. The smallest absolute Gasteiger partial charge is 0.257 e. The van der Waals surface area contributed by atoms with Gasteiger partial charge in [-0.1, -0.05) is 6.07 Å². The van der Waals surface area contributed by atoms with Crippen LogP contribution in [0.4, 0.5) is 0 Å². The van der Waals surface area contributed by atoms with Crippen molar-refractivity contribution in [1.82, 2.24) is 20.1 Å². The van der Waals surface area contributed by atoms with E-state index in [1.807, 2.05) is 23.1 Å². The van der Waals surface area contributed by atoms with Crippen LogP contribution in [0.2, 0.25) is 0 Å². The van der Waals surface area contributed by atoms with E-state index in [0.717, 1.165) is 57.6 Å². The first kappa shape index (κ1) is 19.6. The third-order valence-corrected chi connectivity index (χ3v) is 6.03.